The molecule has 0 spiro atoms. The molecular formula is C13H17BrO. The molecular weight excluding hydrogens is 252 g/mol. The van der Waals surface area contributed by atoms with Gasteiger partial charge in [0.1, 0.15) is 0 Å². The van der Waals surface area contributed by atoms with Crippen molar-refractivity contribution in [1.29, 1.82) is 0 Å². The molecule has 0 bridgehead atoms. The number of aryl methyl sites for hydroxylation is 1. The van der Waals surface area contributed by atoms with Gasteiger partial charge in [0.05, 0.1) is 5.60 Å². The monoisotopic (exact) mass is 268 g/mol. The molecule has 15 heavy (non-hydrogen) atoms. The second-order valence-electron chi connectivity index (χ2n) is 4.60. The van der Waals surface area contributed by atoms with E-state index in [2.05, 4.69) is 48.0 Å². The minimum Gasteiger partial charge on any atom is -0.385 e. The normalized spacial score (nSPS) is 29.2. The summed E-state index contributed by atoms with van der Waals surface area (Å²) >= 11 is 3.54. The molecule has 0 heterocycles. The molecule has 0 aromatic heterocycles. The van der Waals surface area contributed by atoms with Crippen molar-refractivity contribution in [2.24, 2.45) is 5.92 Å². The van der Waals surface area contributed by atoms with Crippen LogP contribution in [0.2, 0.25) is 0 Å². The zero-order valence-corrected chi connectivity index (χ0v) is 10.8. The molecule has 1 N–H and O–H groups in total. The standard InChI is InChI=1S/C13H17BrO/c1-3-4-10-8-13(10,15)11-6-5-9(2)7-12(11)14/h5-7,10,15H,3-4,8H2,1-2H3. The summed E-state index contributed by atoms with van der Waals surface area (Å²) in [4.78, 5) is 0. The van der Waals surface area contributed by atoms with Crippen LogP contribution in [0.4, 0.5) is 0 Å². The van der Waals surface area contributed by atoms with E-state index in [-0.39, 0.29) is 0 Å². The van der Waals surface area contributed by atoms with E-state index in [1.807, 2.05) is 0 Å². The van der Waals surface area contributed by atoms with Gasteiger partial charge in [-0.2, -0.15) is 0 Å². The highest BCUT2D eigenvalue weighted by Gasteiger charge is 2.53. The Labute approximate surface area is 99.6 Å². The molecule has 1 aliphatic carbocycles. The van der Waals surface area contributed by atoms with Gasteiger partial charge in [0.25, 0.3) is 0 Å². The van der Waals surface area contributed by atoms with Gasteiger partial charge in [-0.25, -0.2) is 0 Å². The Morgan fingerprint density at radius 3 is 2.87 bits per heavy atom. The summed E-state index contributed by atoms with van der Waals surface area (Å²) in [6.45, 7) is 4.23. The van der Waals surface area contributed by atoms with Gasteiger partial charge in [0.2, 0.25) is 0 Å². The molecule has 2 unspecified atom stereocenters. The minimum absolute atomic E-state index is 0.460. The Kier molecular flexibility index (Phi) is 2.91. The summed E-state index contributed by atoms with van der Waals surface area (Å²) in [5.41, 5.74) is 1.73. The third-order valence-electron chi connectivity index (χ3n) is 3.30. The number of benzene rings is 1. The van der Waals surface area contributed by atoms with E-state index in [1.165, 1.54) is 5.56 Å². The lowest BCUT2D eigenvalue weighted by Crippen LogP contribution is -2.09. The third-order valence-corrected chi connectivity index (χ3v) is 3.96. The van der Waals surface area contributed by atoms with E-state index in [1.54, 1.807) is 0 Å². The minimum atomic E-state index is -0.553. The van der Waals surface area contributed by atoms with Crippen molar-refractivity contribution < 1.29 is 5.11 Å². The highest BCUT2D eigenvalue weighted by atomic mass is 79.9. The Hall–Kier alpha value is -0.340. The van der Waals surface area contributed by atoms with Crippen molar-refractivity contribution in [1.82, 2.24) is 0 Å². The van der Waals surface area contributed by atoms with Gasteiger partial charge in [0.15, 0.2) is 0 Å². The quantitative estimate of drug-likeness (QED) is 0.885. The number of hydrogen-bond acceptors (Lipinski definition) is 1. The van der Waals surface area contributed by atoms with Crippen molar-refractivity contribution in [3.63, 3.8) is 0 Å². The first-order valence-electron chi connectivity index (χ1n) is 5.57. The molecule has 0 radical (unpaired) electrons. The highest BCUT2D eigenvalue weighted by molar-refractivity contribution is 9.10. The van der Waals surface area contributed by atoms with Crippen LogP contribution in [0.3, 0.4) is 0 Å². The topological polar surface area (TPSA) is 20.2 Å². The van der Waals surface area contributed by atoms with E-state index in [4.69, 9.17) is 0 Å². The zero-order valence-electron chi connectivity index (χ0n) is 9.26. The largest absolute Gasteiger partial charge is 0.385 e. The average molecular weight is 269 g/mol. The first-order valence-corrected chi connectivity index (χ1v) is 6.36. The van der Waals surface area contributed by atoms with Crippen LogP contribution in [-0.2, 0) is 5.60 Å². The summed E-state index contributed by atoms with van der Waals surface area (Å²) in [7, 11) is 0. The van der Waals surface area contributed by atoms with Crippen molar-refractivity contribution in [2.75, 3.05) is 0 Å². The second kappa shape index (κ2) is 3.91. The zero-order chi connectivity index (χ0) is 11.1. The summed E-state index contributed by atoms with van der Waals surface area (Å²) < 4.78 is 1.05. The molecule has 1 aromatic rings. The van der Waals surface area contributed by atoms with Crippen LogP contribution in [0, 0.1) is 12.8 Å². The SMILES string of the molecule is CCCC1CC1(O)c1ccc(C)cc1Br. The molecule has 1 saturated carbocycles. The summed E-state index contributed by atoms with van der Waals surface area (Å²) in [6, 6.07) is 6.20. The second-order valence-corrected chi connectivity index (χ2v) is 5.45. The fraction of sp³-hybridized carbons (Fsp3) is 0.538. The van der Waals surface area contributed by atoms with Gasteiger partial charge in [-0.05, 0) is 42.9 Å². The Morgan fingerprint density at radius 1 is 1.53 bits per heavy atom. The molecule has 82 valence electrons. The average Bonchev–Trinajstić information content (AvgIpc) is 2.78. The highest BCUT2D eigenvalue weighted by Crippen LogP contribution is 2.55. The van der Waals surface area contributed by atoms with E-state index < -0.39 is 5.60 Å². The van der Waals surface area contributed by atoms with Crippen molar-refractivity contribution in [3.8, 4) is 0 Å². The maximum absolute atomic E-state index is 10.4. The molecule has 1 fully saturated rings. The Balaban J connectivity index is 2.24. The number of aliphatic hydroxyl groups is 1. The van der Waals surface area contributed by atoms with Crippen molar-refractivity contribution >= 4 is 15.9 Å². The summed E-state index contributed by atoms with van der Waals surface area (Å²) in [5.74, 6) is 0.460. The van der Waals surface area contributed by atoms with Crippen molar-refractivity contribution in [2.45, 2.75) is 38.7 Å². The van der Waals surface area contributed by atoms with Crippen LogP contribution in [0.25, 0.3) is 0 Å². The molecule has 0 saturated heterocycles. The molecule has 1 aliphatic rings. The summed E-state index contributed by atoms with van der Waals surface area (Å²) in [5, 5.41) is 10.4. The van der Waals surface area contributed by atoms with Gasteiger partial charge < -0.3 is 5.11 Å². The summed E-state index contributed by atoms with van der Waals surface area (Å²) in [6.07, 6.45) is 3.19. The molecule has 1 nitrogen and oxygen atoms in total. The third kappa shape index (κ3) is 1.98. The number of halogens is 1. The van der Waals surface area contributed by atoms with Crippen LogP contribution in [-0.4, -0.2) is 5.11 Å². The molecule has 0 amide bonds. The smallest absolute Gasteiger partial charge is 0.0940 e. The van der Waals surface area contributed by atoms with Gasteiger partial charge in [0, 0.05) is 4.47 Å². The fourth-order valence-corrected chi connectivity index (χ4v) is 3.14. The van der Waals surface area contributed by atoms with Gasteiger partial charge >= 0.3 is 0 Å². The fourth-order valence-electron chi connectivity index (χ4n) is 2.31. The maximum atomic E-state index is 10.4. The van der Waals surface area contributed by atoms with Gasteiger partial charge in [-0.1, -0.05) is 41.4 Å². The number of hydrogen-bond donors (Lipinski definition) is 1. The predicted molar refractivity (Wildman–Crippen MR) is 65.8 cm³/mol. The molecule has 2 rings (SSSR count). The maximum Gasteiger partial charge on any atom is 0.0940 e. The van der Waals surface area contributed by atoms with E-state index in [0.29, 0.717) is 5.92 Å². The van der Waals surface area contributed by atoms with E-state index in [9.17, 15) is 5.11 Å². The lowest BCUT2D eigenvalue weighted by Gasteiger charge is -2.13. The van der Waals surface area contributed by atoms with Crippen molar-refractivity contribution in [3.05, 3.63) is 33.8 Å². The molecule has 1 aromatic carbocycles. The lowest BCUT2D eigenvalue weighted by atomic mass is 10.0. The predicted octanol–water partition coefficient (Wildman–Crippen LogP) is 3.77. The van der Waals surface area contributed by atoms with Gasteiger partial charge in [-0.3, -0.25) is 0 Å². The van der Waals surface area contributed by atoms with E-state index in [0.717, 1.165) is 29.3 Å². The van der Waals surface area contributed by atoms with Crippen LogP contribution >= 0.6 is 15.9 Å². The first kappa shape index (κ1) is 11.2. The lowest BCUT2D eigenvalue weighted by molar-refractivity contribution is 0.128. The van der Waals surface area contributed by atoms with E-state index >= 15 is 0 Å². The van der Waals surface area contributed by atoms with Crippen LogP contribution in [0.5, 0.6) is 0 Å². The van der Waals surface area contributed by atoms with Crippen LogP contribution < -0.4 is 0 Å². The number of rotatable bonds is 3. The molecule has 0 aliphatic heterocycles. The Bertz CT molecular complexity index is 375. The Morgan fingerprint density at radius 2 is 2.27 bits per heavy atom. The first-order chi connectivity index (χ1) is 7.08. The van der Waals surface area contributed by atoms with Crippen LogP contribution in [0.1, 0.15) is 37.3 Å². The molecule has 2 atom stereocenters. The van der Waals surface area contributed by atoms with Gasteiger partial charge in [-0.15, -0.1) is 0 Å². The molecule has 2 heteroatoms. The van der Waals surface area contributed by atoms with Crippen LogP contribution in [0.15, 0.2) is 22.7 Å².